The van der Waals surface area contributed by atoms with Crippen LogP contribution in [0.4, 0.5) is 5.82 Å². The van der Waals surface area contributed by atoms with Crippen LogP contribution in [0.3, 0.4) is 0 Å². The summed E-state index contributed by atoms with van der Waals surface area (Å²) >= 11 is 0. The van der Waals surface area contributed by atoms with E-state index in [1.807, 2.05) is 7.05 Å². The largest absolute Gasteiger partial charge is 0.340 e. The fraction of sp³-hybridized carbons (Fsp3) is 0.500. The lowest BCUT2D eigenvalue weighted by atomic mass is 10.2. The zero-order valence-electron chi connectivity index (χ0n) is 10.2. The van der Waals surface area contributed by atoms with E-state index in [0.717, 1.165) is 12.5 Å². The SMILES string of the molecule is CC1CC1CN(C)C(=O)c1cccc(NN)n1. The number of carbonyl (C=O) groups excluding carboxylic acids is 1. The standard InChI is InChI=1S/C12H18N4O/c1-8-6-9(8)7-16(2)12(17)10-4-3-5-11(14-10)15-13/h3-5,8-9H,6-7,13H2,1-2H3,(H,14,15). The molecule has 1 aromatic rings. The van der Waals surface area contributed by atoms with Crippen LogP contribution in [-0.2, 0) is 0 Å². The van der Waals surface area contributed by atoms with Gasteiger partial charge in [-0.05, 0) is 30.4 Å². The van der Waals surface area contributed by atoms with Crippen molar-refractivity contribution in [2.45, 2.75) is 13.3 Å². The number of aromatic nitrogens is 1. The Morgan fingerprint density at radius 1 is 1.65 bits per heavy atom. The van der Waals surface area contributed by atoms with Gasteiger partial charge in [0.15, 0.2) is 0 Å². The minimum absolute atomic E-state index is 0.0544. The van der Waals surface area contributed by atoms with Crippen LogP contribution < -0.4 is 11.3 Å². The Labute approximate surface area is 101 Å². The number of hydrogen-bond donors (Lipinski definition) is 2. The second kappa shape index (κ2) is 4.71. The first kappa shape index (κ1) is 11.9. The average Bonchev–Trinajstić information content (AvgIpc) is 3.04. The summed E-state index contributed by atoms with van der Waals surface area (Å²) in [4.78, 5) is 17.9. The zero-order valence-corrected chi connectivity index (χ0v) is 10.2. The fourth-order valence-electron chi connectivity index (χ4n) is 1.92. The van der Waals surface area contributed by atoms with Crippen LogP contribution in [0.15, 0.2) is 18.2 Å². The summed E-state index contributed by atoms with van der Waals surface area (Å²) in [5.74, 6) is 7.11. The van der Waals surface area contributed by atoms with Gasteiger partial charge in [0.25, 0.3) is 5.91 Å². The van der Waals surface area contributed by atoms with Gasteiger partial charge < -0.3 is 10.3 Å². The van der Waals surface area contributed by atoms with Gasteiger partial charge in [0.05, 0.1) is 0 Å². The third-order valence-electron chi connectivity index (χ3n) is 3.25. The molecule has 0 saturated heterocycles. The number of anilines is 1. The average molecular weight is 234 g/mol. The minimum Gasteiger partial charge on any atom is -0.340 e. The van der Waals surface area contributed by atoms with Crippen LogP contribution in [0, 0.1) is 11.8 Å². The number of amides is 1. The lowest BCUT2D eigenvalue weighted by Gasteiger charge is -2.16. The molecule has 1 aliphatic rings. The van der Waals surface area contributed by atoms with Gasteiger partial charge in [-0.3, -0.25) is 4.79 Å². The van der Waals surface area contributed by atoms with Gasteiger partial charge in [0.1, 0.15) is 11.5 Å². The maximum absolute atomic E-state index is 12.1. The number of nitrogens with zero attached hydrogens (tertiary/aromatic N) is 2. The summed E-state index contributed by atoms with van der Waals surface area (Å²) in [5, 5.41) is 0. The first-order chi connectivity index (χ1) is 8.11. The molecule has 0 aromatic carbocycles. The van der Waals surface area contributed by atoms with Gasteiger partial charge in [0.2, 0.25) is 0 Å². The molecule has 0 bridgehead atoms. The Morgan fingerprint density at radius 3 is 2.94 bits per heavy atom. The van der Waals surface area contributed by atoms with E-state index in [1.165, 1.54) is 6.42 Å². The summed E-state index contributed by atoms with van der Waals surface area (Å²) in [7, 11) is 1.82. The third kappa shape index (κ3) is 2.74. The first-order valence-corrected chi connectivity index (χ1v) is 5.81. The van der Waals surface area contributed by atoms with Crippen molar-refractivity contribution in [3.63, 3.8) is 0 Å². The van der Waals surface area contributed by atoms with E-state index in [4.69, 9.17) is 5.84 Å². The van der Waals surface area contributed by atoms with Crippen LogP contribution in [0.2, 0.25) is 0 Å². The number of nitrogens with two attached hydrogens (primary N) is 1. The molecule has 1 aromatic heterocycles. The topological polar surface area (TPSA) is 71.2 Å². The molecule has 1 aliphatic carbocycles. The predicted molar refractivity (Wildman–Crippen MR) is 66.3 cm³/mol. The van der Waals surface area contributed by atoms with Crippen molar-refractivity contribution in [1.82, 2.24) is 9.88 Å². The Bertz CT molecular complexity index is 421. The summed E-state index contributed by atoms with van der Waals surface area (Å²) in [6.45, 7) is 3.02. The molecule has 0 radical (unpaired) electrons. The van der Waals surface area contributed by atoms with Gasteiger partial charge in [-0.2, -0.15) is 0 Å². The molecule has 2 unspecified atom stereocenters. The van der Waals surface area contributed by atoms with E-state index < -0.39 is 0 Å². The van der Waals surface area contributed by atoms with Crippen LogP contribution in [-0.4, -0.2) is 29.4 Å². The second-order valence-electron chi connectivity index (χ2n) is 4.71. The van der Waals surface area contributed by atoms with Crippen molar-refractivity contribution in [3.05, 3.63) is 23.9 Å². The molecule has 0 aliphatic heterocycles. The highest BCUT2D eigenvalue weighted by atomic mass is 16.2. The van der Waals surface area contributed by atoms with E-state index in [1.54, 1.807) is 23.1 Å². The second-order valence-corrected chi connectivity index (χ2v) is 4.71. The normalized spacial score (nSPS) is 22.1. The van der Waals surface area contributed by atoms with Crippen molar-refractivity contribution in [2.75, 3.05) is 19.0 Å². The number of hydrogen-bond acceptors (Lipinski definition) is 4. The molecule has 1 amide bonds. The van der Waals surface area contributed by atoms with E-state index in [0.29, 0.717) is 17.4 Å². The predicted octanol–water partition coefficient (Wildman–Crippen LogP) is 1.10. The van der Waals surface area contributed by atoms with Crippen LogP contribution in [0.25, 0.3) is 0 Å². The lowest BCUT2D eigenvalue weighted by Crippen LogP contribution is -2.30. The number of nitrogen functional groups attached to an aromatic ring is 1. The van der Waals surface area contributed by atoms with Crippen LogP contribution in [0.1, 0.15) is 23.8 Å². The number of pyridine rings is 1. The van der Waals surface area contributed by atoms with Gasteiger partial charge in [-0.25, -0.2) is 10.8 Å². The van der Waals surface area contributed by atoms with Crippen molar-refractivity contribution >= 4 is 11.7 Å². The number of carbonyl (C=O) groups is 1. The van der Waals surface area contributed by atoms with Crippen LogP contribution >= 0.6 is 0 Å². The van der Waals surface area contributed by atoms with Crippen LogP contribution in [0.5, 0.6) is 0 Å². The summed E-state index contributed by atoms with van der Waals surface area (Å²) in [6, 6.07) is 5.19. The zero-order chi connectivity index (χ0) is 12.4. The Hall–Kier alpha value is -1.62. The molecule has 5 heteroatoms. The molecular formula is C12H18N4O. The first-order valence-electron chi connectivity index (χ1n) is 5.81. The number of hydrazine groups is 1. The number of rotatable bonds is 4. The Balaban J connectivity index is 2.02. The Morgan fingerprint density at radius 2 is 2.35 bits per heavy atom. The quantitative estimate of drug-likeness (QED) is 0.604. The summed E-state index contributed by atoms with van der Waals surface area (Å²) in [5.41, 5.74) is 2.87. The van der Waals surface area contributed by atoms with Gasteiger partial charge in [-0.1, -0.05) is 13.0 Å². The Kier molecular flexibility index (Phi) is 3.28. The molecule has 1 fully saturated rings. The highest BCUT2D eigenvalue weighted by molar-refractivity contribution is 5.92. The molecular weight excluding hydrogens is 216 g/mol. The van der Waals surface area contributed by atoms with Gasteiger partial charge >= 0.3 is 0 Å². The summed E-state index contributed by atoms with van der Waals surface area (Å²) in [6.07, 6.45) is 1.22. The molecule has 2 atom stereocenters. The molecule has 17 heavy (non-hydrogen) atoms. The molecule has 5 nitrogen and oxygen atoms in total. The van der Waals surface area contributed by atoms with E-state index in [9.17, 15) is 4.79 Å². The summed E-state index contributed by atoms with van der Waals surface area (Å²) < 4.78 is 0. The van der Waals surface area contributed by atoms with E-state index in [2.05, 4.69) is 17.3 Å². The smallest absolute Gasteiger partial charge is 0.272 e. The molecule has 2 rings (SSSR count). The molecule has 3 N–H and O–H groups in total. The molecule has 1 saturated carbocycles. The van der Waals surface area contributed by atoms with Gasteiger partial charge in [0, 0.05) is 13.6 Å². The monoisotopic (exact) mass is 234 g/mol. The lowest BCUT2D eigenvalue weighted by molar-refractivity contribution is 0.0781. The minimum atomic E-state index is -0.0544. The van der Waals surface area contributed by atoms with Gasteiger partial charge in [-0.15, -0.1) is 0 Å². The highest BCUT2D eigenvalue weighted by Crippen LogP contribution is 2.38. The third-order valence-corrected chi connectivity index (χ3v) is 3.25. The molecule has 1 heterocycles. The number of nitrogens with one attached hydrogen (secondary N) is 1. The highest BCUT2D eigenvalue weighted by Gasteiger charge is 2.34. The van der Waals surface area contributed by atoms with Crippen molar-refractivity contribution in [1.29, 1.82) is 0 Å². The fourth-order valence-corrected chi connectivity index (χ4v) is 1.92. The van der Waals surface area contributed by atoms with E-state index in [-0.39, 0.29) is 5.91 Å². The maximum atomic E-state index is 12.1. The van der Waals surface area contributed by atoms with Crippen molar-refractivity contribution < 1.29 is 4.79 Å². The van der Waals surface area contributed by atoms with Crippen molar-refractivity contribution in [2.24, 2.45) is 17.7 Å². The van der Waals surface area contributed by atoms with E-state index >= 15 is 0 Å². The van der Waals surface area contributed by atoms with Crippen molar-refractivity contribution in [3.8, 4) is 0 Å². The molecule has 0 spiro atoms. The molecule has 92 valence electrons. The maximum Gasteiger partial charge on any atom is 0.272 e.